The Morgan fingerprint density at radius 2 is 1.91 bits per heavy atom. The minimum atomic E-state index is -4.21. The molecule has 22 heavy (non-hydrogen) atoms. The molecule has 128 valence electrons. The second-order valence-electron chi connectivity index (χ2n) is 6.35. The number of likely N-dealkylation sites (tertiary alicyclic amines) is 2. The van der Waals surface area contributed by atoms with Gasteiger partial charge in [0.05, 0.1) is 12.5 Å². The van der Waals surface area contributed by atoms with Crippen molar-refractivity contribution < 1.29 is 23.1 Å². The van der Waals surface area contributed by atoms with Crippen molar-refractivity contribution in [3.05, 3.63) is 0 Å². The Hall–Kier alpha value is -0.820. The Kier molecular flexibility index (Phi) is 6.09. The summed E-state index contributed by atoms with van der Waals surface area (Å²) in [5.74, 6) is -1.57. The van der Waals surface area contributed by atoms with Gasteiger partial charge in [-0.15, -0.1) is 0 Å². The number of aliphatic hydroxyl groups is 1. The summed E-state index contributed by atoms with van der Waals surface area (Å²) in [6, 6.07) is 0.277. The number of aliphatic hydroxyl groups excluding tert-OH is 1. The minimum Gasteiger partial charge on any atom is -0.396 e. The van der Waals surface area contributed by atoms with Gasteiger partial charge >= 0.3 is 6.18 Å². The van der Waals surface area contributed by atoms with Crippen LogP contribution in [0, 0.1) is 5.92 Å². The van der Waals surface area contributed by atoms with E-state index in [0.29, 0.717) is 19.4 Å². The van der Waals surface area contributed by atoms with Crippen molar-refractivity contribution in [1.29, 1.82) is 0 Å². The lowest BCUT2D eigenvalue weighted by molar-refractivity contribution is -0.188. The molecule has 0 radical (unpaired) electrons. The van der Waals surface area contributed by atoms with Crippen LogP contribution >= 0.6 is 0 Å². The molecular weight excluding hydrogens is 297 g/mol. The highest BCUT2D eigenvalue weighted by molar-refractivity contribution is 5.78. The molecule has 2 fully saturated rings. The summed E-state index contributed by atoms with van der Waals surface area (Å²) in [5.41, 5.74) is 0. The number of amides is 1. The van der Waals surface area contributed by atoms with Crippen molar-refractivity contribution >= 4 is 5.91 Å². The molecule has 0 aromatic heterocycles. The molecule has 1 amide bonds. The lowest BCUT2D eigenvalue weighted by atomic mass is 9.97. The van der Waals surface area contributed by atoms with Crippen LogP contribution in [0.5, 0.6) is 0 Å². The molecule has 7 heteroatoms. The van der Waals surface area contributed by atoms with Gasteiger partial charge in [-0.05, 0) is 45.1 Å². The van der Waals surface area contributed by atoms with Crippen LogP contribution in [0.25, 0.3) is 0 Å². The minimum absolute atomic E-state index is 0.121. The average molecular weight is 322 g/mol. The van der Waals surface area contributed by atoms with Crippen LogP contribution in [-0.2, 0) is 4.79 Å². The maximum absolute atomic E-state index is 12.8. The lowest BCUT2D eigenvalue weighted by Crippen LogP contribution is -2.48. The van der Waals surface area contributed by atoms with Gasteiger partial charge in [0, 0.05) is 25.7 Å². The molecule has 2 saturated heterocycles. The summed E-state index contributed by atoms with van der Waals surface area (Å²) in [5, 5.41) is 8.90. The van der Waals surface area contributed by atoms with E-state index in [4.69, 9.17) is 5.11 Å². The van der Waals surface area contributed by atoms with Crippen LogP contribution in [0.3, 0.4) is 0 Å². The van der Waals surface area contributed by atoms with Gasteiger partial charge in [-0.3, -0.25) is 9.69 Å². The quantitative estimate of drug-likeness (QED) is 0.842. The Morgan fingerprint density at radius 3 is 2.59 bits per heavy atom. The molecule has 2 aliphatic rings. The van der Waals surface area contributed by atoms with E-state index < -0.39 is 12.1 Å². The van der Waals surface area contributed by atoms with Gasteiger partial charge in [0.1, 0.15) is 0 Å². The lowest BCUT2D eigenvalue weighted by Gasteiger charge is -2.35. The highest BCUT2D eigenvalue weighted by Gasteiger charge is 2.42. The van der Waals surface area contributed by atoms with Gasteiger partial charge in [0.15, 0.2) is 0 Å². The monoisotopic (exact) mass is 322 g/mol. The van der Waals surface area contributed by atoms with E-state index in [1.165, 1.54) is 4.90 Å². The van der Waals surface area contributed by atoms with Crippen LogP contribution in [-0.4, -0.2) is 65.8 Å². The summed E-state index contributed by atoms with van der Waals surface area (Å²) in [6.07, 6.45) is -0.118. The molecule has 2 rings (SSSR count). The van der Waals surface area contributed by atoms with Crippen LogP contribution in [0.4, 0.5) is 13.2 Å². The van der Waals surface area contributed by atoms with Crippen LogP contribution in [0.2, 0.25) is 0 Å². The van der Waals surface area contributed by atoms with Crippen LogP contribution in [0.1, 0.15) is 38.5 Å². The number of piperidine rings is 1. The number of hydrogen-bond acceptors (Lipinski definition) is 3. The number of halogens is 3. The zero-order valence-electron chi connectivity index (χ0n) is 12.8. The second-order valence-corrected chi connectivity index (χ2v) is 6.35. The Morgan fingerprint density at radius 1 is 1.18 bits per heavy atom. The number of rotatable bonds is 5. The fourth-order valence-electron chi connectivity index (χ4n) is 3.50. The van der Waals surface area contributed by atoms with Crippen LogP contribution in [0.15, 0.2) is 0 Å². The van der Waals surface area contributed by atoms with Crippen LogP contribution < -0.4 is 0 Å². The first kappa shape index (κ1) is 17.5. The van der Waals surface area contributed by atoms with Crippen molar-refractivity contribution in [3.8, 4) is 0 Å². The number of nitrogens with zero attached hydrogens (tertiary/aromatic N) is 2. The van der Waals surface area contributed by atoms with E-state index in [1.807, 2.05) is 0 Å². The molecular formula is C15H25F3N2O2. The number of carbonyl (C=O) groups is 1. The third-order valence-electron chi connectivity index (χ3n) is 4.77. The highest BCUT2D eigenvalue weighted by Crippen LogP contribution is 2.33. The zero-order valence-corrected chi connectivity index (χ0v) is 12.8. The van der Waals surface area contributed by atoms with Gasteiger partial charge in [-0.25, -0.2) is 0 Å². The predicted octanol–water partition coefficient (Wildman–Crippen LogP) is 2.02. The molecule has 2 atom stereocenters. The molecule has 0 aromatic carbocycles. The number of alkyl halides is 3. The number of carbonyl (C=O) groups excluding carboxylic acids is 1. The van der Waals surface area contributed by atoms with E-state index in [1.54, 1.807) is 0 Å². The molecule has 2 aliphatic heterocycles. The van der Waals surface area contributed by atoms with E-state index in [-0.39, 0.29) is 38.1 Å². The normalized spacial score (nSPS) is 27.4. The fraction of sp³-hybridized carbons (Fsp3) is 0.933. The van der Waals surface area contributed by atoms with Crippen molar-refractivity contribution in [2.24, 2.45) is 5.92 Å². The van der Waals surface area contributed by atoms with Crippen molar-refractivity contribution in [1.82, 2.24) is 9.80 Å². The Balaban J connectivity index is 1.86. The molecule has 0 unspecified atom stereocenters. The molecule has 0 aliphatic carbocycles. The first-order valence-corrected chi connectivity index (χ1v) is 8.11. The molecule has 1 N–H and O–H groups in total. The molecule has 0 bridgehead atoms. The van der Waals surface area contributed by atoms with Crippen molar-refractivity contribution in [3.63, 3.8) is 0 Å². The van der Waals surface area contributed by atoms with Crippen molar-refractivity contribution in [2.75, 3.05) is 32.8 Å². The Bertz CT molecular complexity index is 376. The van der Waals surface area contributed by atoms with Gasteiger partial charge in [0.25, 0.3) is 0 Å². The molecule has 0 spiro atoms. The summed E-state index contributed by atoms with van der Waals surface area (Å²) < 4.78 is 38.4. The zero-order chi connectivity index (χ0) is 16.2. The summed E-state index contributed by atoms with van der Waals surface area (Å²) in [4.78, 5) is 15.8. The van der Waals surface area contributed by atoms with E-state index >= 15 is 0 Å². The first-order valence-electron chi connectivity index (χ1n) is 8.11. The predicted molar refractivity (Wildman–Crippen MR) is 76.3 cm³/mol. The van der Waals surface area contributed by atoms with Gasteiger partial charge < -0.3 is 10.0 Å². The van der Waals surface area contributed by atoms with Gasteiger partial charge in [0.2, 0.25) is 5.91 Å². The largest absolute Gasteiger partial charge is 0.396 e. The van der Waals surface area contributed by atoms with Crippen molar-refractivity contribution in [2.45, 2.75) is 50.7 Å². The third kappa shape index (κ3) is 4.59. The van der Waals surface area contributed by atoms with Gasteiger partial charge in [-0.1, -0.05) is 0 Å². The topological polar surface area (TPSA) is 43.8 Å². The summed E-state index contributed by atoms with van der Waals surface area (Å²) in [6.45, 7) is 1.40. The maximum Gasteiger partial charge on any atom is 0.393 e. The first-order chi connectivity index (χ1) is 10.4. The summed E-state index contributed by atoms with van der Waals surface area (Å²) >= 11 is 0. The Labute approximate surface area is 129 Å². The third-order valence-corrected chi connectivity index (χ3v) is 4.77. The molecule has 2 heterocycles. The number of hydrogen-bond donors (Lipinski definition) is 1. The van der Waals surface area contributed by atoms with E-state index in [2.05, 4.69) is 4.90 Å². The fourth-order valence-corrected chi connectivity index (χ4v) is 3.50. The maximum atomic E-state index is 12.8. The smallest absolute Gasteiger partial charge is 0.393 e. The molecule has 0 aromatic rings. The van der Waals surface area contributed by atoms with E-state index in [0.717, 1.165) is 25.8 Å². The summed E-state index contributed by atoms with van der Waals surface area (Å²) in [7, 11) is 0. The molecule has 4 nitrogen and oxygen atoms in total. The standard InChI is InChI=1S/C15H25F3N2O2/c16-15(17,18)12-4-1-8-20(10-12)14(22)11-19-7-2-5-13(19)6-3-9-21/h12-13,21H,1-11H2/t12-,13+/m0/s1. The SMILES string of the molecule is O=C(CN1CCC[C@@H]1CCCO)N1CCC[C@H](C(F)(F)F)C1. The molecule has 0 saturated carbocycles. The van der Waals surface area contributed by atoms with E-state index in [9.17, 15) is 18.0 Å². The second kappa shape index (κ2) is 7.64. The van der Waals surface area contributed by atoms with Gasteiger partial charge in [-0.2, -0.15) is 13.2 Å². The average Bonchev–Trinajstić information content (AvgIpc) is 2.91. The highest BCUT2D eigenvalue weighted by atomic mass is 19.4.